The number of esters is 1. The van der Waals surface area contributed by atoms with Crippen LogP contribution in [-0.4, -0.2) is 42.8 Å². The smallest absolute Gasteiger partial charge is 0.748 e. The maximum absolute atomic E-state index is 11.4. The van der Waals surface area contributed by atoms with Crippen LogP contribution in [-0.2, 0) is 19.6 Å². The molecule has 0 aromatic carbocycles. The van der Waals surface area contributed by atoms with Gasteiger partial charge in [-0.15, -0.1) is 0 Å². The van der Waals surface area contributed by atoms with E-state index in [-0.39, 0.29) is 41.4 Å². The molecule has 0 aromatic heterocycles. The van der Waals surface area contributed by atoms with E-state index in [1.165, 1.54) is 24.4 Å². The minimum Gasteiger partial charge on any atom is -0.748 e. The van der Waals surface area contributed by atoms with Crippen LogP contribution in [0.1, 0.15) is 33.1 Å². The topological polar surface area (TPSA) is 83.5 Å². The van der Waals surface area contributed by atoms with Crippen molar-refractivity contribution in [2.24, 2.45) is 5.92 Å². The van der Waals surface area contributed by atoms with Crippen LogP contribution in [0, 0.1) is 5.92 Å². The molecule has 0 fully saturated rings. The molecule has 8 heteroatoms. The summed E-state index contributed by atoms with van der Waals surface area (Å²) in [4.78, 5) is 11.0. The Morgan fingerprint density at radius 1 is 1.33 bits per heavy atom. The number of ether oxygens (including phenoxy) is 1. The molecular formula is C13H21NaO5S2. The summed E-state index contributed by atoms with van der Waals surface area (Å²) in [6.07, 6.45) is 1.28. The summed E-state index contributed by atoms with van der Waals surface area (Å²) < 4.78 is 38.7. The molecule has 0 N–H and O–H groups in total. The number of methoxy groups -OCH3 is 1. The maximum atomic E-state index is 11.4. The van der Waals surface area contributed by atoms with Crippen molar-refractivity contribution in [2.45, 2.75) is 38.4 Å². The second kappa shape index (κ2) is 9.57. The van der Waals surface area contributed by atoms with Gasteiger partial charge in [0.15, 0.2) is 0 Å². The summed E-state index contributed by atoms with van der Waals surface area (Å²) in [5, 5.41) is -0.836. The first-order chi connectivity index (χ1) is 9.25. The quantitative estimate of drug-likeness (QED) is 0.201. The van der Waals surface area contributed by atoms with Gasteiger partial charge in [0.1, 0.15) is 0 Å². The van der Waals surface area contributed by atoms with E-state index in [0.29, 0.717) is 30.8 Å². The second-order valence-corrected chi connectivity index (χ2v) is 7.90. The molecule has 1 rings (SSSR count). The fourth-order valence-electron chi connectivity index (χ4n) is 2.34. The van der Waals surface area contributed by atoms with Crippen molar-refractivity contribution in [2.75, 3.05) is 18.6 Å². The molecule has 0 aromatic rings. The predicted molar refractivity (Wildman–Crippen MR) is 78.5 cm³/mol. The molecule has 2 atom stereocenters. The second-order valence-electron chi connectivity index (χ2n) is 5.16. The Morgan fingerprint density at radius 3 is 2.43 bits per heavy atom. The van der Waals surface area contributed by atoms with Gasteiger partial charge in [0.2, 0.25) is 0 Å². The minimum atomic E-state index is -4.28. The zero-order valence-corrected chi connectivity index (χ0v) is 16.7. The number of rotatable bonds is 6. The van der Waals surface area contributed by atoms with Gasteiger partial charge in [0.05, 0.1) is 28.9 Å². The van der Waals surface area contributed by atoms with Gasteiger partial charge < -0.3 is 9.29 Å². The van der Waals surface area contributed by atoms with Crippen LogP contribution >= 0.6 is 11.8 Å². The van der Waals surface area contributed by atoms with Gasteiger partial charge in [0, 0.05) is 5.75 Å². The van der Waals surface area contributed by atoms with E-state index < -0.39 is 15.4 Å². The maximum Gasteiger partial charge on any atom is 1.00 e. The number of allylic oxidation sites excluding steroid dienone is 2. The molecule has 0 saturated heterocycles. The Hall–Kier alpha value is 0.470. The Balaban J connectivity index is 0.00000400. The molecule has 0 amide bonds. The normalized spacial score (nSPS) is 22.7. The third-order valence-corrected chi connectivity index (χ3v) is 6.16. The van der Waals surface area contributed by atoms with Crippen molar-refractivity contribution in [1.29, 1.82) is 0 Å². The Bertz CT molecular complexity index is 487. The van der Waals surface area contributed by atoms with E-state index in [1.807, 2.05) is 13.8 Å². The van der Waals surface area contributed by atoms with Gasteiger partial charge in [-0.1, -0.05) is 11.1 Å². The van der Waals surface area contributed by atoms with Crippen molar-refractivity contribution in [3.8, 4) is 0 Å². The number of carbonyl (C=O) groups is 1. The molecule has 0 radical (unpaired) electrons. The molecule has 0 unspecified atom stereocenters. The minimum absolute atomic E-state index is 0. The molecule has 0 heterocycles. The third-order valence-electron chi connectivity index (χ3n) is 3.71. The molecule has 1 aliphatic carbocycles. The van der Waals surface area contributed by atoms with Crippen LogP contribution in [0.25, 0.3) is 0 Å². The fourth-order valence-corrected chi connectivity index (χ4v) is 4.71. The van der Waals surface area contributed by atoms with Crippen molar-refractivity contribution in [1.82, 2.24) is 0 Å². The number of hydrogen-bond donors (Lipinski definition) is 0. The molecular weight excluding hydrogens is 323 g/mol. The molecule has 0 saturated carbocycles. The summed E-state index contributed by atoms with van der Waals surface area (Å²) in [5.41, 5.74) is 2.17. The zero-order valence-electron chi connectivity index (χ0n) is 13.0. The summed E-state index contributed by atoms with van der Waals surface area (Å²) >= 11 is 1.50. The SMILES string of the molecule is COC(=O)CCSC[C@H]1CC(C)=C(C)C[C@H]1S(=O)(=O)[O-].[Na+]. The molecule has 0 aliphatic heterocycles. The van der Waals surface area contributed by atoms with Crippen LogP contribution in [0.15, 0.2) is 11.1 Å². The van der Waals surface area contributed by atoms with Gasteiger partial charge in [0.25, 0.3) is 0 Å². The van der Waals surface area contributed by atoms with Crippen LogP contribution in [0.5, 0.6) is 0 Å². The largest absolute Gasteiger partial charge is 1.00 e. The van der Waals surface area contributed by atoms with Gasteiger partial charge in [-0.2, -0.15) is 11.8 Å². The summed E-state index contributed by atoms with van der Waals surface area (Å²) in [7, 11) is -2.94. The van der Waals surface area contributed by atoms with Crippen molar-refractivity contribution >= 4 is 27.8 Å². The summed E-state index contributed by atoms with van der Waals surface area (Å²) in [6, 6.07) is 0. The van der Waals surface area contributed by atoms with Crippen molar-refractivity contribution in [3.63, 3.8) is 0 Å². The van der Waals surface area contributed by atoms with E-state index in [9.17, 15) is 17.8 Å². The standard InChI is InChI=1S/C13H22O5S2.Na/c1-9-6-11(8-19-5-4-13(14)18-3)12(7-10(9)2)20(15,16)17;/h11-12H,4-8H2,1-3H3,(H,15,16,17);/q;+1/p-1/t11-,12-;/m1./s1. The van der Waals surface area contributed by atoms with Crippen LogP contribution in [0.2, 0.25) is 0 Å². The Kier molecular flexibility index (Phi) is 9.79. The van der Waals surface area contributed by atoms with Gasteiger partial charge in [-0.05, 0) is 38.4 Å². The monoisotopic (exact) mass is 344 g/mol. The van der Waals surface area contributed by atoms with E-state index in [0.717, 1.165) is 5.57 Å². The molecule has 116 valence electrons. The van der Waals surface area contributed by atoms with Gasteiger partial charge in [-0.25, -0.2) is 8.42 Å². The predicted octanol–water partition coefficient (Wildman–Crippen LogP) is -1.05. The molecule has 0 spiro atoms. The molecule has 1 aliphatic rings. The summed E-state index contributed by atoms with van der Waals surface area (Å²) in [6.45, 7) is 3.86. The fraction of sp³-hybridized carbons (Fsp3) is 0.769. The third kappa shape index (κ3) is 7.05. The first-order valence-electron chi connectivity index (χ1n) is 6.50. The van der Waals surface area contributed by atoms with Crippen LogP contribution in [0.4, 0.5) is 0 Å². The number of carbonyl (C=O) groups excluding carboxylic acids is 1. The molecule has 0 bridgehead atoms. The van der Waals surface area contributed by atoms with Crippen LogP contribution < -0.4 is 29.6 Å². The van der Waals surface area contributed by atoms with E-state index in [4.69, 9.17) is 0 Å². The van der Waals surface area contributed by atoms with Gasteiger partial charge >= 0.3 is 35.5 Å². The van der Waals surface area contributed by atoms with E-state index >= 15 is 0 Å². The Morgan fingerprint density at radius 2 is 1.90 bits per heavy atom. The zero-order chi connectivity index (χ0) is 15.3. The first kappa shape index (κ1) is 21.5. The molecule has 5 nitrogen and oxygen atoms in total. The van der Waals surface area contributed by atoms with Crippen molar-refractivity contribution in [3.05, 3.63) is 11.1 Å². The van der Waals surface area contributed by atoms with Gasteiger partial charge in [-0.3, -0.25) is 4.79 Å². The molecule has 21 heavy (non-hydrogen) atoms. The number of thioether (sulfide) groups is 1. The van der Waals surface area contributed by atoms with Crippen LogP contribution in [0.3, 0.4) is 0 Å². The average Bonchev–Trinajstić information content (AvgIpc) is 2.36. The number of hydrogen-bond acceptors (Lipinski definition) is 6. The summed E-state index contributed by atoms with van der Waals surface area (Å²) in [5.74, 6) is 0.717. The van der Waals surface area contributed by atoms with Crippen molar-refractivity contribution < 1.29 is 52.1 Å². The first-order valence-corrected chi connectivity index (χ1v) is 9.12. The average molecular weight is 344 g/mol. The Labute approximate surface area is 153 Å². The van der Waals surface area contributed by atoms with E-state index in [2.05, 4.69) is 4.74 Å². The van der Waals surface area contributed by atoms with E-state index in [1.54, 1.807) is 0 Å².